The maximum Gasteiger partial charge on any atom is 0.0594 e. The summed E-state index contributed by atoms with van der Waals surface area (Å²) in [7, 11) is 0. The second-order valence-corrected chi connectivity index (χ2v) is 5.13. The second kappa shape index (κ2) is 6.23. The number of aliphatic hydroxyl groups excluding tert-OH is 1. The van der Waals surface area contributed by atoms with Crippen LogP contribution in [0.1, 0.15) is 60.3 Å². The molecule has 0 spiro atoms. The zero-order chi connectivity index (χ0) is 11.2. The molecule has 0 aliphatic carbocycles. The first-order valence-corrected chi connectivity index (χ1v) is 5.71. The van der Waals surface area contributed by atoms with Gasteiger partial charge in [-0.05, 0) is 32.1 Å². The van der Waals surface area contributed by atoms with E-state index in [-0.39, 0.29) is 11.5 Å². The van der Waals surface area contributed by atoms with Crippen molar-refractivity contribution in [3.63, 3.8) is 0 Å². The average Bonchev–Trinajstić information content (AvgIpc) is 2.11. The zero-order valence-electron chi connectivity index (χ0n) is 10.4. The Bertz CT molecular complexity index is 176. The summed E-state index contributed by atoms with van der Waals surface area (Å²) < 4.78 is 0. The summed E-state index contributed by atoms with van der Waals surface area (Å²) in [6.45, 7) is 10.7. The minimum absolute atomic E-state index is 0.0203. The van der Waals surface area contributed by atoms with Crippen LogP contribution in [-0.4, -0.2) is 11.2 Å². The maximum atomic E-state index is 9.99. The summed E-state index contributed by atoms with van der Waals surface area (Å²) in [5, 5.41) is 9.99. The normalized spacial score (nSPS) is 13.9. The molecule has 1 nitrogen and oxygen atoms in total. The Morgan fingerprint density at radius 3 is 2.36 bits per heavy atom. The number of hydrogen-bond donors (Lipinski definition) is 1. The van der Waals surface area contributed by atoms with E-state index in [0.29, 0.717) is 0 Å². The highest BCUT2D eigenvalue weighted by atomic mass is 16.3. The van der Waals surface area contributed by atoms with Crippen molar-refractivity contribution in [2.75, 3.05) is 0 Å². The SMILES string of the molecule is CCCC[C@@H](O)C(C)(C)CC=C(C)C. The van der Waals surface area contributed by atoms with Crippen LogP contribution in [0.25, 0.3) is 0 Å². The lowest BCUT2D eigenvalue weighted by Crippen LogP contribution is -2.28. The third-order valence-corrected chi connectivity index (χ3v) is 2.77. The maximum absolute atomic E-state index is 9.99. The Hall–Kier alpha value is -0.300. The van der Waals surface area contributed by atoms with Gasteiger partial charge in [-0.25, -0.2) is 0 Å². The van der Waals surface area contributed by atoms with E-state index in [1.54, 1.807) is 0 Å². The molecule has 0 fully saturated rings. The molecule has 1 heteroatoms. The van der Waals surface area contributed by atoms with Crippen LogP contribution in [0, 0.1) is 5.41 Å². The molecule has 0 amide bonds. The second-order valence-electron chi connectivity index (χ2n) is 5.13. The molecule has 1 atom stereocenters. The van der Waals surface area contributed by atoms with Gasteiger partial charge < -0.3 is 5.11 Å². The minimum Gasteiger partial charge on any atom is -0.393 e. The largest absolute Gasteiger partial charge is 0.393 e. The molecule has 14 heavy (non-hydrogen) atoms. The molecular formula is C13H26O. The van der Waals surface area contributed by atoms with Crippen LogP contribution in [0.3, 0.4) is 0 Å². The molecule has 0 bridgehead atoms. The monoisotopic (exact) mass is 198 g/mol. The Labute approximate surface area is 89.2 Å². The minimum atomic E-state index is -0.168. The predicted molar refractivity (Wildman–Crippen MR) is 63.4 cm³/mol. The molecule has 0 aromatic heterocycles. The third kappa shape index (κ3) is 5.43. The van der Waals surface area contributed by atoms with Crippen LogP contribution in [0.15, 0.2) is 11.6 Å². The van der Waals surface area contributed by atoms with E-state index in [9.17, 15) is 5.11 Å². The van der Waals surface area contributed by atoms with E-state index in [1.165, 1.54) is 5.57 Å². The molecule has 0 radical (unpaired) electrons. The first kappa shape index (κ1) is 13.7. The summed E-state index contributed by atoms with van der Waals surface area (Å²) in [6, 6.07) is 0. The molecule has 0 saturated carbocycles. The first-order valence-electron chi connectivity index (χ1n) is 5.71. The van der Waals surface area contributed by atoms with Crippen molar-refractivity contribution in [1.82, 2.24) is 0 Å². The van der Waals surface area contributed by atoms with Gasteiger partial charge in [0.1, 0.15) is 0 Å². The number of aliphatic hydroxyl groups is 1. The van der Waals surface area contributed by atoms with Gasteiger partial charge in [0, 0.05) is 0 Å². The topological polar surface area (TPSA) is 20.2 Å². The number of hydrogen-bond acceptors (Lipinski definition) is 1. The van der Waals surface area contributed by atoms with Gasteiger partial charge in [0.25, 0.3) is 0 Å². The van der Waals surface area contributed by atoms with E-state index in [2.05, 4.69) is 40.7 Å². The summed E-state index contributed by atoms with van der Waals surface area (Å²) in [6.07, 6.45) is 6.24. The summed E-state index contributed by atoms with van der Waals surface area (Å²) in [5.74, 6) is 0. The first-order chi connectivity index (χ1) is 6.40. The van der Waals surface area contributed by atoms with Crippen LogP contribution >= 0.6 is 0 Å². The Kier molecular flexibility index (Phi) is 6.10. The van der Waals surface area contributed by atoms with Gasteiger partial charge in [-0.1, -0.05) is 45.3 Å². The van der Waals surface area contributed by atoms with E-state index >= 15 is 0 Å². The molecule has 0 aromatic carbocycles. The fourth-order valence-electron chi connectivity index (χ4n) is 1.39. The fraction of sp³-hybridized carbons (Fsp3) is 0.846. The van der Waals surface area contributed by atoms with E-state index < -0.39 is 0 Å². The van der Waals surface area contributed by atoms with Crippen molar-refractivity contribution in [1.29, 1.82) is 0 Å². The standard InChI is InChI=1S/C13H26O/c1-6-7-8-12(14)13(4,5)10-9-11(2)3/h9,12,14H,6-8,10H2,1-5H3/t12-/m1/s1. The van der Waals surface area contributed by atoms with Crippen molar-refractivity contribution in [3.8, 4) is 0 Å². The van der Waals surface area contributed by atoms with Gasteiger partial charge in [-0.2, -0.15) is 0 Å². The molecule has 0 aromatic rings. The predicted octanol–water partition coefficient (Wildman–Crippen LogP) is 3.92. The third-order valence-electron chi connectivity index (χ3n) is 2.77. The van der Waals surface area contributed by atoms with Crippen molar-refractivity contribution in [2.24, 2.45) is 5.41 Å². The quantitative estimate of drug-likeness (QED) is 0.641. The zero-order valence-corrected chi connectivity index (χ0v) is 10.4. The van der Waals surface area contributed by atoms with Crippen molar-refractivity contribution in [2.45, 2.75) is 66.4 Å². The number of unbranched alkanes of at least 4 members (excludes halogenated alkanes) is 1. The van der Waals surface area contributed by atoms with Gasteiger partial charge in [-0.3, -0.25) is 0 Å². The smallest absolute Gasteiger partial charge is 0.0594 e. The van der Waals surface area contributed by atoms with Gasteiger partial charge in [0.05, 0.1) is 6.10 Å². The molecule has 0 aliphatic rings. The van der Waals surface area contributed by atoms with Crippen LogP contribution in [0.5, 0.6) is 0 Å². The lowest BCUT2D eigenvalue weighted by atomic mass is 9.80. The molecule has 0 saturated heterocycles. The fourth-order valence-corrected chi connectivity index (χ4v) is 1.39. The lowest BCUT2D eigenvalue weighted by molar-refractivity contribution is 0.0432. The highest BCUT2D eigenvalue weighted by Crippen LogP contribution is 2.29. The molecule has 84 valence electrons. The molecule has 0 aliphatic heterocycles. The van der Waals surface area contributed by atoms with Crippen LogP contribution < -0.4 is 0 Å². The van der Waals surface area contributed by atoms with Gasteiger partial charge >= 0.3 is 0 Å². The van der Waals surface area contributed by atoms with Crippen LogP contribution in [-0.2, 0) is 0 Å². The van der Waals surface area contributed by atoms with E-state index in [4.69, 9.17) is 0 Å². The Morgan fingerprint density at radius 2 is 1.93 bits per heavy atom. The average molecular weight is 198 g/mol. The number of allylic oxidation sites excluding steroid dienone is 2. The van der Waals surface area contributed by atoms with E-state index in [1.807, 2.05) is 0 Å². The van der Waals surface area contributed by atoms with Crippen LogP contribution in [0.2, 0.25) is 0 Å². The Morgan fingerprint density at radius 1 is 1.36 bits per heavy atom. The number of rotatable bonds is 6. The Balaban J connectivity index is 4.08. The lowest BCUT2D eigenvalue weighted by Gasteiger charge is -2.29. The molecule has 0 unspecified atom stereocenters. The highest BCUT2D eigenvalue weighted by molar-refractivity contribution is 4.97. The van der Waals surface area contributed by atoms with Gasteiger partial charge in [0.15, 0.2) is 0 Å². The highest BCUT2D eigenvalue weighted by Gasteiger charge is 2.25. The van der Waals surface area contributed by atoms with Crippen molar-refractivity contribution < 1.29 is 5.11 Å². The molecular weight excluding hydrogens is 172 g/mol. The summed E-state index contributed by atoms with van der Waals surface area (Å²) in [4.78, 5) is 0. The van der Waals surface area contributed by atoms with Crippen molar-refractivity contribution in [3.05, 3.63) is 11.6 Å². The summed E-state index contributed by atoms with van der Waals surface area (Å²) >= 11 is 0. The van der Waals surface area contributed by atoms with Crippen LogP contribution in [0.4, 0.5) is 0 Å². The van der Waals surface area contributed by atoms with Gasteiger partial charge in [-0.15, -0.1) is 0 Å². The summed E-state index contributed by atoms with van der Waals surface area (Å²) in [5.41, 5.74) is 1.35. The van der Waals surface area contributed by atoms with Crippen molar-refractivity contribution >= 4 is 0 Å². The van der Waals surface area contributed by atoms with Gasteiger partial charge in [0.2, 0.25) is 0 Å². The molecule has 1 N–H and O–H groups in total. The molecule has 0 rings (SSSR count). The van der Waals surface area contributed by atoms with E-state index in [0.717, 1.165) is 25.7 Å². The molecule has 0 heterocycles.